The number of nitrogens with two attached hydrogens (primary N) is 1. The van der Waals surface area contributed by atoms with Crippen molar-refractivity contribution in [1.82, 2.24) is 9.55 Å². The SMILES string of the molecule is Cc1ccnc(NC(=O)c2cc(N)cn2C)c1. The number of nitrogen functional groups attached to an aromatic ring is 1. The number of carbonyl (C=O) groups is 1. The molecule has 0 fully saturated rings. The fraction of sp³-hybridized carbons (Fsp3) is 0.167. The van der Waals surface area contributed by atoms with Crippen LogP contribution in [0.5, 0.6) is 0 Å². The number of pyridine rings is 1. The Balaban J connectivity index is 2.20. The molecule has 2 aromatic heterocycles. The van der Waals surface area contributed by atoms with Gasteiger partial charge in [0.1, 0.15) is 11.5 Å². The molecule has 0 aliphatic rings. The molecule has 0 aliphatic heterocycles. The number of rotatable bonds is 2. The highest BCUT2D eigenvalue weighted by Gasteiger charge is 2.11. The van der Waals surface area contributed by atoms with Gasteiger partial charge in [0.15, 0.2) is 0 Å². The number of aromatic nitrogens is 2. The Morgan fingerprint density at radius 3 is 2.82 bits per heavy atom. The summed E-state index contributed by atoms with van der Waals surface area (Å²) in [6.45, 7) is 1.94. The van der Waals surface area contributed by atoms with Crippen LogP contribution in [0.1, 0.15) is 16.1 Å². The highest BCUT2D eigenvalue weighted by atomic mass is 16.2. The molecule has 2 aromatic rings. The second kappa shape index (κ2) is 4.29. The third-order valence-corrected chi connectivity index (χ3v) is 2.42. The van der Waals surface area contributed by atoms with E-state index in [4.69, 9.17) is 5.73 Å². The summed E-state index contributed by atoms with van der Waals surface area (Å²) < 4.78 is 1.68. The van der Waals surface area contributed by atoms with E-state index in [1.54, 1.807) is 30.1 Å². The van der Waals surface area contributed by atoms with Crippen molar-refractivity contribution in [2.45, 2.75) is 6.92 Å². The van der Waals surface area contributed by atoms with Gasteiger partial charge in [-0.3, -0.25) is 4.79 Å². The predicted octanol–water partition coefficient (Wildman–Crippen LogP) is 1.56. The van der Waals surface area contributed by atoms with Crippen LogP contribution < -0.4 is 11.1 Å². The van der Waals surface area contributed by atoms with Gasteiger partial charge in [0.2, 0.25) is 0 Å². The highest BCUT2D eigenvalue weighted by Crippen LogP contribution is 2.12. The molecule has 0 unspecified atom stereocenters. The first-order valence-corrected chi connectivity index (χ1v) is 5.22. The Kier molecular flexibility index (Phi) is 2.82. The molecule has 0 bridgehead atoms. The zero-order chi connectivity index (χ0) is 12.4. The molecule has 0 aliphatic carbocycles. The number of hydrogen-bond acceptors (Lipinski definition) is 3. The predicted molar refractivity (Wildman–Crippen MR) is 66.8 cm³/mol. The third-order valence-electron chi connectivity index (χ3n) is 2.42. The monoisotopic (exact) mass is 230 g/mol. The lowest BCUT2D eigenvalue weighted by Gasteiger charge is -2.05. The normalized spacial score (nSPS) is 10.2. The fourth-order valence-electron chi connectivity index (χ4n) is 1.60. The summed E-state index contributed by atoms with van der Waals surface area (Å²) in [6, 6.07) is 5.31. The lowest BCUT2D eigenvalue weighted by atomic mass is 10.3. The Morgan fingerprint density at radius 1 is 1.47 bits per heavy atom. The zero-order valence-corrected chi connectivity index (χ0v) is 9.77. The minimum Gasteiger partial charge on any atom is -0.397 e. The number of amides is 1. The Hall–Kier alpha value is -2.30. The molecule has 0 radical (unpaired) electrons. The lowest BCUT2D eigenvalue weighted by Crippen LogP contribution is -2.16. The summed E-state index contributed by atoms with van der Waals surface area (Å²) in [5, 5.41) is 2.73. The number of aryl methyl sites for hydroxylation is 2. The largest absolute Gasteiger partial charge is 0.397 e. The summed E-state index contributed by atoms with van der Waals surface area (Å²) in [4.78, 5) is 16.0. The van der Waals surface area contributed by atoms with Crippen LogP contribution in [0.2, 0.25) is 0 Å². The van der Waals surface area contributed by atoms with Crippen molar-refractivity contribution in [2.24, 2.45) is 7.05 Å². The van der Waals surface area contributed by atoms with E-state index >= 15 is 0 Å². The minimum absolute atomic E-state index is 0.220. The smallest absolute Gasteiger partial charge is 0.273 e. The molecule has 88 valence electrons. The maximum Gasteiger partial charge on any atom is 0.273 e. The minimum atomic E-state index is -0.220. The number of nitrogens with zero attached hydrogens (tertiary/aromatic N) is 2. The molecule has 0 saturated heterocycles. The Morgan fingerprint density at radius 2 is 2.24 bits per heavy atom. The maximum absolute atomic E-state index is 11.9. The van der Waals surface area contributed by atoms with E-state index in [-0.39, 0.29) is 5.91 Å². The van der Waals surface area contributed by atoms with E-state index in [1.165, 1.54) is 0 Å². The average Bonchev–Trinajstić information content (AvgIpc) is 2.58. The fourth-order valence-corrected chi connectivity index (χ4v) is 1.60. The molecule has 5 nitrogen and oxygen atoms in total. The van der Waals surface area contributed by atoms with Crippen LogP contribution in [0.25, 0.3) is 0 Å². The van der Waals surface area contributed by atoms with E-state index in [0.717, 1.165) is 5.56 Å². The first-order chi connectivity index (χ1) is 8.06. The lowest BCUT2D eigenvalue weighted by molar-refractivity contribution is 0.101. The van der Waals surface area contributed by atoms with Gasteiger partial charge in [-0.15, -0.1) is 0 Å². The van der Waals surface area contributed by atoms with E-state index in [9.17, 15) is 4.79 Å². The molecule has 2 heterocycles. The van der Waals surface area contributed by atoms with Crippen LogP contribution in [0, 0.1) is 6.92 Å². The van der Waals surface area contributed by atoms with E-state index in [1.807, 2.05) is 19.1 Å². The summed E-state index contributed by atoms with van der Waals surface area (Å²) >= 11 is 0. The Labute approximate surface area is 99.3 Å². The molecule has 0 aromatic carbocycles. The van der Waals surface area contributed by atoms with E-state index < -0.39 is 0 Å². The van der Waals surface area contributed by atoms with Crippen molar-refractivity contribution < 1.29 is 4.79 Å². The van der Waals surface area contributed by atoms with Crippen molar-refractivity contribution >= 4 is 17.4 Å². The van der Waals surface area contributed by atoms with Gasteiger partial charge in [0, 0.05) is 19.4 Å². The summed E-state index contributed by atoms with van der Waals surface area (Å²) in [6.07, 6.45) is 3.35. The highest BCUT2D eigenvalue weighted by molar-refractivity contribution is 6.03. The first kappa shape index (κ1) is 11.2. The summed E-state index contributed by atoms with van der Waals surface area (Å²) in [5.41, 5.74) is 7.73. The van der Waals surface area contributed by atoms with Crippen LogP contribution in [0.4, 0.5) is 11.5 Å². The van der Waals surface area contributed by atoms with Crippen molar-refractivity contribution in [3.05, 3.63) is 41.9 Å². The molecule has 5 heteroatoms. The van der Waals surface area contributed by atoms with Crippen molar-refractivity contribution in [3.8, 4) is 0 Å². The number of anilines is 2. The van der Waals surface area contributed by atoms with Gasteiger partial charge >= 0.3 is 0 Å². The molecule has 0 atom stereocenters. The number of hydrogen-bond donors (Lipinski definition) is 2. The van der Waals surface area contributed by atoms with Crippen LogP contribution in [-0.2, 0) is 7.05 Å². The average molecular weight is 230 g/mol. The second-order valence-electron chi connectivity index (χ2n) is 3.94. The van der Waals surface area contributed by atoms with Crippen molar-refractivity contribution in [2.75, 3.05) is 11.1 Å². The number of carbonyl (C=O) groups excluding carboxylic acids is 1. The molecule has 2 rings (SSSR count). The van der Waals surface area contributed by atoms with Crippen LogP contribution in [0.3, 0.4) is 0 Å². The van der Waals surface area contributed by atoms with Gasteiger partial charge in [0.05, 0.1) is 5.69 Å². The standard InChI is InChI=1S/C12H14N4O/c1-8-3-4-14-11(5-8)15-12(17)10-6-9(13)7-16(10)2/h3-7H,13H2,1-2H3,(H,14,15,17). The molecule has 3 N–H and O–H groups in total. The maximum atomic E-state index is 11.9. The van der Waals surface area contributed by atoms with Gasteiger partial charge < -0.3 is 15.6 Å². The summed E-state index contributed by atoms with van der Waals surface area (Å²) in [7, 11) is 1.77. The molecule has 0 saturated carbocycles. The van der Waals surface area contributed by atoms with Gasteiger partial charge in [-0.25, -0.2) is 4.98 Å². The molecular formula is C12H14N4O. The van der Waals surface area contributed by atoms with Gasteiger partial charge in [0.25, 0.3) is 5.91 Å². The molecule has 0 spiro atoms. The first-order valence-electron chi connectivity index (χ1n) is 5.22. The zero-order valence-electron chi connectivity index (χ0n) is 9.77. The van der Waals surface area contributed by atoms with Crippen LogP contribution in [-0.4, -0.2) is 15.5 Å². The van der Waals surface area contributed by atoms with Crippen molar-refractivity contribution in [3.63, 3.8) is 0 Å². The van der Waals surface area contributed by atoms with Gasteiger partial charge in [-0.05, 0) is 30.7 Å². The summed E-state index contributed by atoms with van der Waals surface area (Å²) in [5.74, 6) is 0.317. The van der Waals surface area contributed by atoms with Crippen LogP contribution >= 0.6 is 0 Å². The molecule has 1 amide bonds. The molecule has 17 heavy (non-hydrogen) atoms. The molecular weight excluding hydrogens is 216 g/mol. The van der Waals surface area contributed by atoms with E-state index in [0.29, 0.717) is 17.2 Å². The quantitative estimate of drug-likeness (QED) is 0.822. The Bertz CT molecular complexity index is 559. The number of nitrogens with one attached hydrogen (secondary N) is 1. The third kappa shape index (κ3) is 2.44. The van der Waals surface area contributed by atoms with Gasteiger partial charge in [-0.1, -0.05) is 0 Å². The van der Waals surface area contributed by atoms with Crippen molar-refractivity contribution in [1.29, 1.82) is 0 Å². The van der Waals surface area contributed by atoms with Gasteiger partial charge in [-0.2, -0.15) is 0 Å². The van der Waals surface area contributed by atoms with Crippen LogP contribution in [0.15, 0.2) is 30.6 Å². The second-order valence-corrected chi connectivity index (χ2v) is 3.94. The topological polar surface area (TPSA) is 72.9 Å². The van der Waals surface area contributed by atoms with E-state index in [2.05, 4.69) is 10.3 Å².